The molecule has 0 aliphatic carbocycles. The molecule has 0 heterocycles. The van der Waals surface area contributed by atoms with Gasteiger partial charge in [0.1, 0.15) is 0 Å². The van der Waals surface area contributed by atoms with Gasteiger partial charge in [0.2, 0.25) is 0 Å². The van der Waals surface area contributed by atoms with E-state index >= 15 is 0 Å². The number of aryl methyl sites for hydroxylation is 1. The van der Waals surface area contributed by atoms with Crippen molar-refractivity contribution in [1.82, 2.24) is 5.32 Å². The van der Waals surface area contributed by atoms with Crippen LogP contribution in [0.25, 0.3) is 0 Å². The zero-order valence-corrected chi connectivity index (χ0v) is 14.0. The maximum absolute atomic E-state index is 6.36. The van der Waals surface area contributed by atoms with Crippen LogP contribution in [0.4, 0.5) is 0 Å². The SMILES string of the molecule is CCCNC(Cc1ccc(C)cc1)c1cc(Cl)ccc1Cl. The van der Waals surface area contributed by atoms with Crippen LogP contribution in [0.3, 0.4) is 0 Å². The minimum absolute atomic E-state index is 0.179. The van der Waals surface area contributed by atoms with Gasteiger partial charge in [-0.1, -0.05) is 60.0 Å². The van der Waals surface area contributed by atoms with Crippen LogP contribution in [0.2, 0.25) is 10.0 Å². The quantitative estimate of drug-likeness (QED) is 0.731. The number of hydrogen-bond acceptors (Lipinski definition) is 1. The Balaban J connectivity index is 2.25. The molecule has 0 saturated carbocycles. The lowest BCUT2D eigenvalue weighted by Gasteiger charge is -2.21. The zero-order chi connectivity index (χ0) is 15.2. The molecule has 0 aliphatic rings. The Morgan fingerprint density at radius 3 is 2.43 bits per heavy atom. The van der Waals surface area contributed by atoms with Crippen LogP contribution in [-0.2, 0) is 6.42 Å². The van der Waals surface area contributed by atoms with E-state index in [0.717, 1.165) is 35.0 Å². The van der Waals surface area contributed by atoms with Gasteiger partial charge in [-0.15, -0.1) is 0 Å². The Morgan fingerprint density at radius 1 is 1.05 bits per heavy atom. The fraction of sp³-hybridized carbons (Fsp3) is 0.333. The molecule has 0 aliphatic heterocycles. The summed E-state index contributed by atoms with van der Waals surface area (Å²) in [7, 11) is 0. The van der Waals surface area contributed by atoms with Crippen LogP contribution in [0.15, 0.2) is 42.5 Å². The second kappa shape index (κ2) is 7.84. The molecule has 0 spiro atoms. The second-order valence-corrected chi connectivity index (χ2v) is 6.21. The number of hydrogen-bond donors (Lipinski definition) is 1. The van der Waals surface area contributed by atoms with Crippen molar-refractivity contribution in [3.63, 3.8) is 0 Å². The van der Waals surface area contributed by atoms with Crippen LogP contribution in [0, 0.1) is 6.92 Å². The van der Waals surface area contributed by atoms with Crippen LogP contribution >= 0.6 is 23.2 Å². The maximum Gasteiger partial charge on any atom is 0.0454 e. The molecule has 0 amide bonds. The van der Waals surface area contributed by atoms with Gasteiger partial charge in [0, 0.05) is 16.1 Å². The summed E-state index contributed by atoms with van der Waals surface area (Å²) in [5.41, 5.74) is 3.64. The summed E-state index contributed by atoms with van der Waals surface area (Å²) in [4.78, 5) is 0. The van der Waals surface area contributed by atoms with Crippen LogP contribution in [-0.4, -0.2) is 6.54 Å². The van der Waals surface area contributed by atoms with Gasteiger partial charge in [-0.2, -0.15) is 0 Å². The predicted octanol–water partition coefficient (Wildman–Crippen LogP) is 5.59. The summed E-state index contributed by atoms with van der Waals surface area (Å²) in [5.74, 6) is 0. The van der Waals surface area contributed by atoms with Crippen molar-refractivity contribution in [3.05, 3.63) is 69.2 Å². The first-order valence-corrected chi connectivity index (χ1v) is 8.09. The minimum atomic E-state index is 0.179. The number of benzene rings is 2. The van der Waals surface area contributed by atoms with Crippen molar-refractivity contribution in [2.45, 2.75) is 32.7 Å². The first-order valence-electron chi connectivity index (χ1n) is 7.34. The van der Waals surface area contributed by atoms with E-state index in [1.807, 2.05) is 18.2 Å². The molecule has 0 bridgehead atoms. The van der Waals surface area contributed by atoms with E-state index in [1.54, 1.807) is 0 Å². The Bertz CT molecular complexity index is 578. The van der Waals surface area contributed by atoms with Gasteiger partial charge in [0.25, 0.3) is 0 Å². The molecule has 0 saturated heterocycles. The summed E-state index contributed by atoms with van der Waals surface area (Å²) in [6.07, 6.45) is 1.99. The normalized spacial score (nSPS) is 12.4. The lowest BCUT2D eigenvalue weighted by atomic mass is 9.98. The third kappa shape index (κ3) is 4.74. The standard InChI is InChI=1S/C18H21Cl2N/c1-3-10-21-18(11-14-6-4-13(2)5-7-14)16-12-15(19)8-9-17(16)20/h4-9,12,18,21H,3,10-11H2,1-2H3. The Hall–Kier alpha value is -1.02. The number of halogens is 2. The summed E-state index contributed by atoms with van der Waals surface area (Å²) in [6, 6.07) is 14.5. The van der Waals surface area contributed by atoms with E-state index < -0.39 is 0 Å². The van der Waals surface area contributed by atoms with Crippen molar-refractivity contribution in [3.8, 4) is 0 Å². The molecule has 1 unspecified atom stereocenters. The Labute approximate surface area is 137 Å². The molecule has 2 aromatic rings. The lowest BCUT2D eigenvalue weighted by molar-refractivity contribution is 0.529. The van der Waals surface area contributed by atoms with Crippen molar-refractivity contribution in [2.24, 2.45) is 0 Å². The van der Waals surface area contributed by atoms with Gasteiger partial charge in [-0.25, -0.2) is 0 Å². The smallest absolute Gasteiger partial charge is 0.0454 e. The number of nitrogens with one attached hydrogen (secondary N) is 1. The highest BCUT2D eigenvalue weighted by Crippen LogP contribution is 2.28. The van der Waals surface area contributed by atoms with Crippen molar-refractivity contribution in [1.29, 1.82) is 0 Å². The highest BCUT2D eigenvalue weighted by molar-refractivity contribution is 6.33. The Kier molecular flexibility index (Phi) is 6.10. The van der Waals surface area contributed by atoms with Gasteiger partial charge in [-0.3, -0.25) is 0 Å². The van der Waals surface area contributed by atoms with E-state index in [9.17, 15) is 0 Å². The highest BCUT2D eigenvalue weighted by atomic mass is 35.5. The minimum Gasteiger partial charge on any atom is -0.310 e. The second-order valence-electron chi connectivity index (χ2n) is 5.36. The van der Waals surface area contributed by atoms with Gasteiger partial charge < -0.3 is 5.32 Å². The largest absolute Gasteiger partial charge is 0.310 e. The molecule has 21 heavy (non-hydrogen) atoms. The predicted molar refractivity (Wildman–Crippen MR) is 92.4 cm³/mol. The van der Waals surface area contributed by atoms with Gasteiger partial charge in [-0.05, 0) is 55.6 Å². The van der Waals surface area contributed by atoms with Crippen LogP contribution in [0.5, 0.6) is 0 Å². The van der Waals surface area contributed by atoms with Gasteiger partial charge in [0.05, 0.1) is 0 Å². The first kappa shape index (κ1) is 16.4. The van der Waals surface area contributed by atoms with E-state index in [1.165, 1.54) is 11.1 Å². The monoisotopic (exact) mass is 321 g/mol. The summed E-state index contributed by atoms with van der Waals surface area (Å²) in [6.45, 7) is 5.22. The van der Waals surface area contributed by atoms with E-state index in [2.05, 4.69) is 43.4 Å². The average molecular weight is 322 g/mol. The third-order valence-electron chi connectivity index (χ3n) is 3.53. The van der Waals surface area contributed by atoms with E-state index in [0.29, 0.717) is 0 Å². The Morgan fingerprint density at radius 2 is 1.76 bits per heavy atom. The molecule has 1 atom stereocenters. The maximum atomic E-state index is 6.36. The molecular formula is C18H21Cl2N. The molecule has 1 nitrogen and oxygen atoms in total. The third-order valence-corrected chi connectivity index (χ3v) is 4.11. The van der Waals surface area contributed by atoms with E-state index in [-0.39, 0.29) is 6.04 Å². The summed E-state index contributed by atoms with van der Waals surface area (Å²) < 4.78 is 0. The fourth-order valence-corrected chi connectivity index (χ4v) is 2.78. The van der Waals surface area contributed by atoms with Crippen molar-refractivity contribution in [2.75, 3.05) is 6.54 Å². The molecule has 112 valence electrons. The molecule has 0 radical (unpaired) electrons. The van der Waals surface area contributed by atoms with Crippen molar-refractivity contribution >= 4 is 23.2 Å². The van der Waals surface area contributed by atoms with Crippen molar-refractivity contribution < 1.29 is 0 Å². The molecule has 0 aromatic heterocycles. The molecule has 3 heteroatoms. The van der Waals surface area contributed by atoms with Crippen LogP contribution < -0.4 is 5.32 Å². The topological polar surface area (TPSA) is 12.0 Å². The molecule has 2 rings (SSSR count). The van der Waals surface area contributed by atoms with Crippen LogP contribution in [0.1, 0.15) is 36.1 Å². The number of rotatable bonds is 6. The molecule has 0 fully saturated rings. The van der Waals surface area contributed by atoms with Gasteiger partial charge in [0.15, 0.2) is 0 Å². The molecular weight excluding hydrogens is 301 g/mol. The highest BCUT2D eigenvalue weighted by Gasteiger charge is 2.15. The van der Waals surface area contributed by atoms with E-state index in [4.69, 9.17) is 23.2 Å². The zero-order valence-electron chi connectivity index (χ0n) is 12.5. The summed E-state index contributed by atoms with van der Waals surface area (Å²) >= 11 is 12.5. The fourth-order valence-electron chi connectivity index (χ4n) is 2.35. The van der Waals surface area contributed by atoms with Gasteiger partial charge >= 0.3 is 0 Å². The average Bonchev–Trinajstić information content (AvgIpc) is 2.48. The molecule has 2 aromatic carbocycles. The molecule has 1 N–H and O–H groups in total. The summed E-state index contributed by atoms with van der Waals surface area (Å²) in [5, 5.41) is 5.06. The first-order chi connectivity index (χ1) is 10.1. The lowest BCUT2D eigenvalue weighted by Crippen LogP contribution is -2.24.